The van der Waals surface area contributed by atoms with Crippen molar-refractivity contribution >= 4 is 0 Å². The largest absolute Gasteiger partial charge is 0.489 e. The fraction of sp³-hybridized carbons (Fsp3) is 0.667. The Morgan fingerprint density at radius 2 is 2.00 bits per heavy atom. The summed E-state index contributed by atoms with van der Waals surface area (Å²) in [6, 6.07) is 6.86. The molecule has 0 aliphatic heterocycles. The molecule has 0 bridgehead atoms. The zero-order valence-electron chi connectivity index (χ0n) is 13.6. The van der Waals surface area contributed by atoms with Gasteiger partial charge in [-0.05, 0) is 68.3 Å². The minimum absolute atomic E-state index is 0.279. The van der Waals surface area contributed by atoms with Crippen molar-refractivity contribution in [3.8, 4) is 5.75 Å². The normalized spacial score (nSPS) is 25.4. The molecule has 1 fully saturated rings. The molecule has 1 aromatic carbocycles. The number of ether oxygens (including phenoxy) is 1. The standard InChI is InChI=1S/C18H29NO/c1-6-19-17-16(8-7-11-18(17,4)5)20-15-10-9-13(2)14(3)12-15/h9-10,12,16-17,19H,6-8,11H2,1-5H3. The van der Waals surface area contributed by atoms with Gasteiger partial charge in [0.2, 0.25) is 0 Å². The molecule has 0 saturated heterocycles. The van der Waals surface area contributed by atoms with E-state index < -0.39 is 0 Å². The lowest BCUT2D eigenvalue weighted by atomic mass is 9.71. The molecule has 112 valence electrons. The molecule has 0 aromatic heterocycles. The van der Waals surface area contributed by atoms with E-state index in [1.54, 1.807) is 0 Å². The highest BCUT2D eigenvalue weighted by Crippen LogP contribution is 2.37. The van der Waals surface area contributed by atoms with Gasteiger partial charge in [-0.15, -0.1) is 0 Å². The van der Waals surface area contributed by atoms with E-state index in [1.165, 1.54) is 24.0 Å². The van der Waals surface area contributed by atoms with Gasteiger partial charge in [0, 0.05) is 6.04 Å². The Balaban J connectivity index is 2.14. The molecule has 1 aliphatic rings. The van der Waals surface area contributed by atoms with Crippen molar-refractivity contribution in [1.82, 2.24) is 5.32 Å². The number of aryl methyl sites for hydroxylation is 2. The van der Waals surface area contributed by atoms with E-state index in [0.29, 0.717) is 11.5 Å². The van der Waals surface area contributed by atoms with Crippen LogP contribution in [0.15, 0.2) is 18.2 Å². The van der Waals surface area contributed by atoms with Gasteiger partial charge in [-0.1, -0.05) is 26.8 Å². The molecule has 2 heteroatoms. The van der Waals surface area contributed by atoms with Crippen molar-refractivity contribution in [2.45, 2.75) is 66.0 Å². The van der Waals surface area contributed by atoms with Gasteiger partial charge in [0.1, 0.15) is 11.9 Å². The summed E-state index contributed by atoms with van der Waals surface area (Å²) in [6.07, 6.45) is 3.95. The second-order valence-electron chi connectivity index (χ2n) is 6.82. The van der Waals surface area contributed by atoms with Crippen LogP contribution in [0.4, 0.5) is 0 Å². The second-order valence-corrected chi connectivity index (χ2v) is 6.82. The Bertz CT molecular complexity index is 453. The van der Waals surface area contributed by atoms with Crippen LogP contribution < -0.4 is 10.1 Å². The summed E-state index contributed by atoms with van der Waals surface area (Å²) in [7, 11) is 0. The van der Waals surface area contributed by atoms with Crippen LogP contribution in [0.3, 0.4) is 0 Å². The molecule has 0 spiro atoms. The molecule has 1 N–H and O–H groups in total. The highest BCUT2D eigenvalue weighted by Gasteiger charge is 2.39. The SMILES string of the molecule is CCNC1C(Oc2ccc(C)c(C)c2)CCCC1(C)C. The molecule has 2 rings (SSSR count). The number of benzene rings is 1. The third kappa shape index (κ3) is 3.35. The number of likely N-dealkylation sites (N-methyl/N-ethyl adjacent to an activating group) is 1. The van der Waals surface area contributed by atoms with Crippen molar-refractivity contribution in [3.05, 3.63) is 29.3 Å². The summed E-state index contributed by atoms with van der Waals surface area (Å²) in [4.78, 5) is 0. The van der Waals surface area contributed by atoms with Gasteiger partial charge in [0.15, 0.2) is 0 Å². The molecule has 0 heterocycles. The summed E-state index contributed by atoms with van der Waals surface area (Å²) in [5, 5.41) is 3.65. The van der Waals surface area contributed by atoms with Gasteiger partial charge < -0.3 is 10.1 Å². The first-order chi connectivity index (χ1) is 9.44. The third-order valence-corrected chi connectivity index (χ3v) is 4.71. The molecule has 0 radical (unpaired) electrons. The summed E-state index contributed by atoms with van der Waals surface area (Å²) < 4.78 is 6.33. The fourth-order valence-corrected chi connectivity index (χ4v) is 3.30. The van der Waals surface area contributed by atoms with Gasteiger partial charge in [-0.3, -0.25) is 0 Å². The second kappa shape index (κ2) is 6.17. The van der Waals surface area contributed by atoms with E-state index in [1.807, 2.05) is 0 Å². The lowest BCUT2D eigenvalue weighted by Crippen LogP contribution is -2.54. The summed E-state index contributed by atoms with van der Waals surface area (Å²) in [5.74, 6) is 1.01. The highest BCUT2D eigenvalue weighted by atomic mass is 16.5. The van der Waals surface area contributed by atoms with Crippen LogP contribution in [0.1, 0.15) is 51.2 Å². The molecular formula is C18H29NO. The number of nitrogens with one attached hydrogen (secondary N) is 1. The Kier molecular flexibility index (Phi) is 4.74. The van der Waals surface area contributed by atoms with E-state index in [0.717, 1.165) is 18.7 Å². The Morgan fingerprint density at radius 3 is 2.65 bits per heavy atom. The van der Waals surface area contributed by atoms with Crippen LogP contribution in [0.2, 0.25) is 0 Å². The average Bonchev–Trinajstić information content (AvgIpc) is 2.38. The van der Waals surface area contributed by atoms with Crippen LogP contribution in [0.5, 0.6) is 5.75 Å². The van der Waals surface area contributed by atoms with Crippen LogP contribution >= 0.6 is 0 Å². The predicted molar refractivity (Wildman–Crippen MR) is 85.4 cm³/mol. The third-order valence-electron chi connectivity index (χ3n) is 4.71. The molecule has 1 aliphatic carbocycles. The molecule has 1 aromatic rings. The molecule has 2 atom stereocenters. The van der Waals surface area contributed by atoms with Crippen molar-refractivity contribution < 1.29 is 4.74 Å². The van der Waals surface area contributed by atoms with Crippen LogP contribution in [0.25, 0.3) is 0 Å². The molecule has 1 saturated carbocycles. The number of rotatable bonds is 4. The summed E-state index contributed by atoms with van der Waals surface area (Å²) >= 11 is 0. The molecule has 20 heavy (non-hydrogen) atoms. The number of hydrogen-bond donors (Lipinski definition) is 1. The average molecular weight is 275 g/mol. The minimum atomic E-state index is 0.279. The Labute approximate surface area is 123 Å². The zero-order valence-corrected chi connectivity index (χ0v) is 13.6. The van der Waals surface area contributed by atoms with E-state index >= 15 is 0 Å². The predicted octanol–water partition coefficient (Wildman–Crippen LogP) is 4.24. The molecular weight excluding hydrogens is 246 g/mol. The molecule has 2 unspecified atom stereocenters. The summed E-state index contributed by atoms with van der Waals surface area (Å²) in [6.45, 7) is 12.2. The highest BCUT2D eigenvalue weighted by molar-refractivity contribution is 5.34. The zero-order chi connectivity index (χ0) is 14.8. The summed E-state index contributed by atoms with van der Waals surface area (Å²) in [5.41, 5.74) is 2.93. The quantitative estimate of drug-likeness (QED) is 0.887. The monoisotopic (exact) mass is 275 g/mol. The van der Waals surface area contributed by atoms with Crippen molar-refractivity contribution in [1.29, 1.82) is 0 Å². The van der Waals surface area contributed by atoms with E-state index in [2.05, 4.69) is 58.1 Å². The van der Waals surface area contributed by atoms with E-state index in [9.17, 15) is 0 Å². The fourth-order valence-electron chi connectivity index (χ4n) is 3.30. The van der Waals surface area contributed by atoms with Gasteiger partial charge in [0.25, 0.3) is 0 Å². The Hall–Kier alpha value is -1.02. The van der Waals surface area contributed by atoms with E-state index in [-0.39, 0.29) is 6.10 Å². The first-order valence-electron chi connectivity index (χ1n) is 7.91. The maximum absolute atomic E-state index is 6.33. The maximum atomic E-state index is 6.33. The smallest absolute Gasteiger partial charge is 0.120 e. The number of hydrogen-bond acceptors (Lipinski definition) is 2. The first-order valence-corrected chi connectivity index (χ1v) is 7.91. The lowest BCUT2D eigenvalue weighted by molar-refractivity contribution is 0.0372. The van der Waals surface area contributed by atoms with E-state index in [4.69, 9.17) is 4.74 Å². The topological polar surface area (TPSA) is 21.3 Å². The Morgan fingerprint density at radius 1 is 1.25 bits per heavy atom. The molecule has 0 amide bonds. The van der Waals surface area contributed by atoms with Crippen molar-refractivity contribution in [2.75, 3.05) is 6.54 Å². The van der Waals surface area contributed by atoms with Crippen molar-refractivity contribution in [2.24, 2.45) is 5.41 Å². The van der Waals surface area contributed by atoms with Crippen LogP contribution in [-0.4, -0.2) is 18.7 Å². The van der Waals surface area contributed by atoms with Gasteiger partial charge in [-0.2, -0.15) is 0 Å². The minimum Gasteiger partial charge on any atom is -0.489 e. The van der Waals surface area contributed by atoms with Crippen LogP contribution in [-0.2, 0) is 0 Å². The van der Waals surface area contributed by atoms with Gasteiger partial charge in [-0.25, -0.2) is 0 Å². The first kappa shape index (κ1) is 15.4. The molecule has 2 nitrogen and oxygen atoms in total. The van der Waals surface area contributed by atoms with Crippen LogP contribution in [0, 0.1) is 19.3 Å². The van der Waals surface area contributed by atoms with Gasteiger partial charge in [0.05, 0.1) is 0 Å². The lowest BCUT2D eigenvalue weighted by Gasteiger charge is -2.44. The maximum Gasteiger partial charge on any atom is 0.120 e. The van der Waals surface area contributed by atoms with Crippen molar-refractivity contribution in [3.63, 3.8) is 0 Å². The van der Waals surface area contributed by atoms with Gasteiger partial charge >= 0.3 is 0 Å².